The van der Waals surface area contributed by atoms with E-state index in [0.29, 0.717) is 29.2 Å². The first kappa shape index (κ1) is 19.6. The molecule has 0 amide bonds. The monoisotopic (exact) mass is 399 g/mol. The lowest BCUT2D eigenvalue weighted by molar-refractivity contribution is 0.297. The minimum atomic E-state index is -0.0447. The van der Waals surface area contributed by atoms with E-state index in [4.69, 9.17) is 11.6 Å². The summed E-state index contributed by atoms with van der Waals surface area (Å²) in [7, 11) is 0. The van der Waals surface area contributed by atoms with Gasteiger partial charge in [0.2, 0.25) is 0 Å². The fraction of sp³-hybridized carbons (Fsp3) is 0.182. The quantitative estimate of drug-likeness (QED) is 0.507. The number of hydrogen-bond acceptors (Lipinski definition) is 4. The van der Waals surface area contributed by atoms with E-state index in [0.717, 1.165) is 16.0 Å². The number of phenols is 1. The summed E-state index contributed by atoms with van der Waals surface area (Å²) in [5.41, 5.74) is 3.57. The molecule has 5 heteroatoms. The third-order valence-corrected chi connectivity index (χ3v) is 5.67. The Morgan fingerprint density at radius 3 is 2.41 bits per heavy atom. The average Bonchev–Trinajstić information content (AvgIpc) is 2.66. The molecule has 3 nitrogen and oxygen atoms in total. The zero-order valence-corrected chi connectivity index (χ0v) is 16.7. The molecule has 3 rings (SSSR count). The van der Waals surface area contributed by atoms with Gasteiger partial charge in [-0.3, -0.25) is 0 Å². The summed E-state index contributed by atoms with van der Waals surface area (Å²) in [6.07, 6.45) is 0.355. The first-order chi connectivity index (χ1) is 13.1. The Kier molecular flexibility index (Phi) is 6.67. The van der Waals surface area contributed by atoms with Crippen LogP contribution in [0.4, 0.5) is 5.69 Å². The smallest absolute Gasteiger partial charge is 0.143 e. The van der Waals surface area contributed by atoms with Crippen LogP contribution in [-0.4, -0.2) is 16.8 Å². The van der Waals surface area contributed by atoms with Crippen LogP contribution < -0.4 is 4.31 Å². The van der Waals surface area contributed by atoms with Crippen molar-refractivity contribution in [3.8, 4) is 5.75 Å². The van der Waals surface area contributed by atoms with Gasteiger partial charge >= 0.3 is 0 Å². The number of anilines is 1. The molecular formula is C22H22ClNO2S. The molecule has 0 heterocycles. The van der Waals surface area contributed by atoms with E-state index in [1.165, 1.54) is 0 Å². The first-order valence-electron chi connectivity index (χ1n) is 8.76. The van der Waals surface area contributed by atoms with Gasteiger partial charge in [0.25, 0.3) is 0 Å². The number of aliphatic hydroxyl groups excluding tert-OH is 1. The maximum Gasteiger partial charge on any atom is 0.143 e. The molecule has 0 aromatic heterocycles. The van der Waals surface area contributed by atoms with Gasteiger partial charge in [-0.25, -0.2) is 0 Å². The molecule has 0 radical (unpaired) electrons. The van der Waals surface area contributed by atoms with Gasteiger partial charge in [-0.1, -0.05) is 60.1 Å². The molecule has 27 heavy (non-hydrogen) atoms. The third kappa shape index (κ3) is 4.98. The predicted molar refractivity (Wildman–Crippen MR) is 114 cm³/mol. The minimum absolute atomic E-state index is 0.0447. The number of phenolic OH excluding ortho intramolecular Hbond substituents is 1. The van der Waals surface area contributed by atoms with Gasteiger partial charge in [-0.05, 0) is 60.2 Å². The summed E-state index contributed by atoms with van der Waals surface area (Å²) in [6, 6.07) is 21.7. The SMILES string of the molecule is Cc1ccccc1SN(Cc1ccccc1)c1cc(Cl)cc(CCO)c1O. The van der Waals surface area contributed by atoms with Gasteiger partial charge in [-0.2, -0.15) is 0 Å². The summed E-state index contributed by atoms with van der Waals surface area (Å²) in [5, 5.41) is 20.7. The summed E-state index contributed by atoms with van der Waals surface area (Å²) < 4.78 is 2.04. The first-order valence-corrected chi connectivity index (χ1v) is 9.91. The molecule has 0 fully saturated rings. The molecule has 3 aromatic rings. The molecular weight excluding hydrogens is 378 g/mol. The van der Waals surface area contributed by atoms with E-state index in [-0.39, 0.29) is 12.4 Å². The molecule has 0 aliphatic heterocycles. The Hall–Kier alpha value is -2.14. The normalized spacial score (nSPS) is 10.8. The highest BCUT2D eigenvalue weighted by Gasteiger charge is 2.18. The van der Waals surface area contributed by atoms with Crippen LogP contribution in [0.15, 0.2) is 71.6 Å². The number of aromatic hydroxyl groups is 1. The predicted octanol–water partition coefficient (Wildman–Crippen LogP) is 5.60. The van der Waals surface area contributed by atoms with E-state index < -0.39 is 0 Å². The van der Waals surface area contributed by atoms with Gasteiger partial charge in [0.1, 0.15) is 5.75 Å². The van der Waals surface area contributed by atoms with Crippen LogP contribution in [-0.2, 0) is 13.0 Å². The van der Waals surface area contributed by atoms with E-state index in [9.17, 15) is 10.2 Å². The Balaban J connectivity index is 2.02. The molecule has 0 saturated carbocycles. The lowest BCUT2D eigenvalue weighted by Gasteiger charge is -2.26. The highest BCUT2D eigenvalue weighted by molar-refractivity contribution is 8.00. The summed E-state index contributed by atoms with van der Waals surface area (Å²) >= 11 is 7.88. The van der Waals surface area contributed by atoms with Crippen LogP contribution in [0.2, 0.25) is 5.02 Å². The number of benzene rings is 3. The topological polar surface area (TPSA) is 43.7 Å². The number of rotatable bonds is 7. The average molecular weight is 400 g/mol. The van der Waals surface area contributed by atoms with Crippen molar-refractivity contribution in [2.24, 2.45) is 0 Å². The maximum atomic E-state index is 10.8. The van der Waals surface area contributed by atoms with Crippen LogP contribution in [0.5, 0.6) is 5.75 Å². The van der Waals surface area contributed by atoms with Crippen molar-refractivity contribution < 1.29 is 10.2 Å². The highest BCUT2D eigenvalue weighted by Crippen LogP contribution is 2.41. The summed E-state index contributed by atoms with van der Waals surface area (Å²) in [5.74, 6) is 0.158. The molecule has 0 spiro atoms. The molecule has 3 aromatic carbocycles. The Labute approximate surface area is 169 Å². The second kappa shape index (κ2) is 9.18. The molecule has 140 valence electrons. The van der Waals surface area contributed by atoms with Crippen LogP contribution in [0.3, 0.4) is 0 Å². The lowest BCUT2D eigenvalue weighted by atomic mass is 10.1. The number of hydrogen-bond donors (Lipinski definition) is 2. The highest BCUT2D eigenvalue weighted by atomic mass is 35.5. The van der Waals surface area contributed by atoms with Crippen molar-refractivity contribution in [2.75, 3.05) is 10.9 Å². The lowest BCUT2D eigenvalue weighted by Crippen LogP contribution is -2.15. The molecule has 0 bridgehead atoms. The number of halogens is 1. The second-order valence-corrected chi connectivity index (χ2v) is 7.78. The van der Waals surface area contributed by atoms with E-state index in [1.807, 2.05) is 34.6 Å². The van der Waals surface area contributed by atoms with Crippen LogP contribution in [0.25, 0.3) is 0 Å². The minimum Gasteiger partial charge on any atom is -0.505 e. The van der Waals surface area contributed by atoms with Crippen LogP contribution in [0.1, 0.15) is 16.7 Å². The fourth-order valence-electron chi connectivity index (χ4n) is 2.83. The van der Waals surface area contributed by atoms with Crippen molar-refractivity contribution >= 4 is 29.2 Å². The van der Waals surface area contributed by atoms with Gasteiger partial charge in [0, 0.05) is 16.5 Å². The number of aliphatic hydroxyl groups is 1. The maximum absolute atomic E-state index is 10.8. The van der Waals surface area contributed by atoms with Crippen molar-refractivity contribution in [1.29, 1.82) is 0 Å². The van der Waals surface area contributed by atoms with Crippen LogP contribution >= 0.6 is 23.5 Å². The largest absolute Gasteiger partial charge is 0.505 e. The zero-order valence-electron chi connectivity index (χ0n) is 15.1. The van der Waals surface area contributed by atoms with Gasteiger partial charge in [-0.15, -0.1) is 0 Å². The number of aryl methyl sites for hydroxylation is 1. The fourth-order valence-corrected chi connectivity index (χ4v) is 4.11. The third-order valence-electron chi connectivity index (χ3n) is 4.25. The molecule has 0 aliphatic carbocycles. The molecule has 2 N–H and O–H groups in total. The van der Waals surface area contributed by atoms with Crippen molar-refractivity contribution in [1.82, 2.24) is 0 Å². The summed E-state index contributed by atoms with van der Waals surface area (Å²) in [6.45, 7) is 2.63. The standard InChI is InChI=1S/C22H22ClNO2S/c1-16-7-5-6-10-21(16)27-24(15-17-8-3-2-4-9-17)20-14-19(23)13-18(11-12-25)22(20)26/h2-10,13-14,25-26H,11-12,15H2,1H3. The van der Waals surface area contributed by atoms with Crippen molar-refractivity contribution in [3.05, 3.63) is 88.4 Å². The number of nitrogens with zero attached hydrogens (tertiary/aromatic N) is 1. The van der Waals surface area contributed by atoms with Gasteiger partial charge < -0.3 is 14.5 Å². The van der Waals surface area contributed by atoms with Crippen LogP contribution in [0, 0.1) is 6.92 Å². The Morgan fingerprint density at radius 2 is 1.70 bits per heavy atom. The second-order valence-electron chi connectivity index (χ2n) is 6.29. The molecule has 0 unspecified atom stereocenters. The van der Waals surface area contributed by atoms with E-state index >= 15 is 0 Å². The van der Waals surface area contributed by atoms with E-state index in [2.05, 4.69) is 31.2 Å². The van der Waals surface area contributed by atoms with Gasteiger partial charge in [0.15, 0.2) is 0 Å². The van der Waals surface area contributed by atoms with Crippen molar-refractivity contribution in [2.45, 2.75) is 24.8 Å². The molecule has 0 saturated heterocycles. The van der Waals surface area contributed by atoms with Crippen molar-refractivity contribution in [3.63, 3.8) is 0 Å². The van der Waals surface area contributed by atoms with E-state index in [1.54, 1.807) is 24.1 Å². The Bertz CT molecular complexity index is 902. The molecule has 0 aliphatic rings. The zero-order chi connectivity index (χ0) is 19.2. The summed E-state index contributed by atoms with van der Waals surface area (Å²) in [4.78, 5) is 1.11. The molecule has 0 atom stereocenters. The van der Waals surface area contributed by atoms with Gasteiger partial charge in [0.05, 0.1) is 12.2 Å². The Morgan fingerprint density at radius 1 is 1.00 bits per heavy atom.